The lowest BCUT2D eigenvalue weighted by Crippen LogP contribution is -2.31. The zero-order valence-corrected chi connectivity index (χ0v) is 12.5. The third-order valence-corrected chi connectivity index (χ3v) is 3.22. The maximum Gasteiger partial charge on any atom is 0.319 e. The molecule has 0 bridgehead atoms. The van der Waals surface area contributed by atoms with Crippen LogP contribution in [0.2, 0.25) is 0 Å². The largest absolute Gasteiger partial charge is 0.464 e. The van der Waals surface area contributed by atoms with E-state index in [2.05, 4.69) is 10.6 Å². The third kappa shape index (κ3) is 3.63. The Bertz CT molecular complexity index is 709. The predicted octanol–water partition coefficient (Wildman–Crippen LogP) is 3.69. The van der Waals surface area contributed by atoms with Gasteiger partial charge in [-0.1, -0.05) is 6.07 Å². The van der Waals surface area contributed by atoms with E-state index in [9.17, 15) is 14.9 Å². The average Bonchev–Trinajstić information content (AvgIpc) is 2.87. The maximum absolute atomic E-state index is 12.0. The molecule has 2 rings (SSSR count). The van der Waals surface area contributed by atoms with E-state index >= 15 is 0 Å². The minimum atomic E-state index is -0.503. The van der Waals surface area contributed by atoms with E-state index in [1.165, 1.54) is 12.1 Å². The van der Waals surface area contributed by atoms with Gasteiger partial charge < -0.3 is 15.1 Å². The van der Waals surface area contributed by atoms with Gasteiger partial charge in [-0.25, -0.2) is 4.79 Å². The highest BCUT2D eigenvalue weighted by Crippen LogP contribution is 2.22. The number of nitro benzene ring substituents is 1. The Hall–Kier alpha value is -2.83. The van der Waals surface area contributed by atoms with Crippen LogP contribution in [0.5, 0.6) is 0 Å². The summed E-state index contributed by atoms with van der Waals surface area (Å²) in [5.41, 5.74) is 1.06. The number of urea groups is 1. The van der Waals surface area contributed by atoms with Crippen molar-refractivity contribution in [3.63, 3.8) is 0 Å². The Kier molecular flexibility index (Phi) is 4.45. The molecule has 0 fully saturated rings. The molecule has 0 aliphatic carbocycles. The molecule has 0 saturated carbocycles. The molecule has 2 N–H and O–H groups in total. The van der Waals surface area contributed by atoms with Crippen LogP contribution in [-0.2, 0) is 0 Å². The monoisotopic (exact) mass is 303 g/mol. The number of carbonyl (C=O) groups excluding carboxylic acids is 1. The van der Waals surface area contributed by atoms with Gasteiger partial charge in [-0.2, -0.15) is 0 Å². The molecule has 1 aromatic carbocycles. The lowest BCUT2D eigenvalue weighted by Gasteiger charge is -2.13. The lowest BCUT2D eigenvalue weighted by molar-refractivity contribution is -0.384. The van der Waals surface area contributed by atoms with Gasteiger partial charge in [-0.3, -0.25) is 10.1 Å². The fourth-order valence-corrected chi connectivity index (χ4v) is 1.97. The molecule has 0 radical (unpaired) electrons. The van der Waals surface area contributed by atoms with Crippen LogP contribution in [0.1, 0.15) is 30.0 Å². The van der Waals surface area contributed by atoms with Crippen LogP contribution in [0.3, 0.4) is 0 Å². The summed E-state index contributed by atoms with van der Waals surface area (Å²) in [6, 6.07) is 7.16. The van der Waals surface area contributed by atoms with Crippen LogP contribution in [0.25, 0.3) is 0 Å². The van der Waals surface area contributed by atoms with E-state index in [0.29, 0.717) is 11.4 Å². The number of hydrogen-bond donors (Lipinski definition) is 2. The summed E-state index contributed by atoms with van der Waals surface area (Å²) < 4.78 is 5.44. The van der Waals surface area contributed by atoms with Crippen LogP contribution in [0, 0.1) is 24.0 Å². The van der Waals surface area contributed by atoms with Crippen molar-refractivity contribution in [1.29, 1.82) is 0 Å². The van der Waals surface area contributed by atoms with Crippen molar-refractivity contribution < 1.29 is 14.1 Å². The summed E-state index contributed by atoms with van der Waals surface area (Å²) in [5.74, 6) is 1.40. The number of rotatable bonds is 4. The van der Waals surface area contributed by atoms with Crippen LogP contribution in [0.15, 0.2) is 34.7 Å². The van der Waals surface area contributed by atoms with E-state index < -0.39 is 11.0 Å². The number of amides is 2. The Morgan fingerprint density at radius 1 is 1.27 bits per heavy atom. The Balaban J connectivity index is 2.05. The molecule has 2 aromatic rings. The van der Waals surface area contributed by atoms with Crippen molar-refractivity contribution in [2.45, 2.75) is 26.8 Å². The first-order valence-corrected chi connectivity index (χ1v) is 6.75. The average molecular weight is 303 g/mol. The van der Waals surface area contributed by atoms with Crippen molar-refractivity contribution >= 4 is 17.4 Å². The summed E-state index contributed by atoms with van der Waals surface area (Å²) >= 11 is 0. The van der Waals surface area contributed by atoms with Crippen LogP contribution in [0.4, 0.5) is 16.2 Å². The molecule has 1 heterocycles. The normalized spacial score (nSPS) is 11.8. The molecule has 0 aliphatic heterocycles. The van der Waals surface area contributed by atoms with Gasteiger partial charge in [-0.15, -0.1) is 0 Å². The Labute approximate surface area is 127 Å². The highest BCUT2D eigenvalue weighted by Gasteiger charge is 2.15. The minimum absolute atomic E-state index is 0.0735. The van der Waals surface area contributed by atoms with Crippen molar-refractivity contribution in [3.05, 3.63) is 57.5 Å². The minimum Gasteiger partial charge on any atom is -0.464 e. The Morgan fingerprint density at radius 2 is 2.00 bits per heavy atom. The molecular formula is C15H17N3O4. The molecule has 7 heteroatoms. The number of nitrogens with one attached hydrogen (secondary N) is 2. The van der Waals surface area contributed by atoms with E-state index in [1.54, 1.807) is 26.0 Å². The SMILES string of the molecule is Cc1ccc([C@@H](C)NC(=O)Nc2cc([N+](=O)[O-])ccc2C)o1. The highest BCUT2D eigenvalue weighted by atomic mass is 16.6. The summed E-state index contributed by atoms with van der Waals surface area (Å²) in [6.07, 6.45) is 0. The first-order chi connectivity index (χ1) is 10.4. The number of hydrogen-bond acceptors (Lipinski definition) is 4. The number of furan rings is 1. The second kappa shape index (κ2) is 6.30. The van der Waals surface area contributed by atoms with E-state index in [4.69, 9.17) is 4.42 Å². The Morgan fingerprint density at radius 3 is 2.59 bits per heavy atom. The zero-order valence-electron chi connectivity index (χ0n) is 12.5. The van der Waals surface area contributed by atoms with Gasteiger partial charge in [0, 0.05) is 12.1 Å². The first kappa shape index (κ1) is 15.6. The lowest BCUT2D eigenvalue weighted by atomic mass is 10.2. The van der Waals surface area contributed by atoms with E-state index in [1.807, 2.05) is 13.0 Å². The van der Waals surface area contributed by atoms with Crippen LogP contribution < -0.4 is 10.6 Å². The third-order valence-electron chi connectivity index (χ3n) is 3.22. The van der Waals surface area contributed by atoms with Gasteiger partial charge >= 0.3 is 6.03 Å². The van der Waals surface area contributed by atoms with Crippen LogP contribution >= 0.6 is 0 Å². The molecule has 7 nitrogen and oxygen atoms in total. The predicted molar refractivity (Wildman–Crippen MR) is 81.8 cm³/mol. The summed E-state index contributed by atoms with van der Waals surface area (Å²) in [6.45, 7) is 5.37. The number of anilines is 1. The van der Waals surface area contributed by atoms with Crippen molar-refractivity contribution in [1.82, 2.24) is 5.32 Å². The van der Waals surface area contributed by atoms with Crippen LogP contribution in [-0.4, -0.2) is 11.0 Å². The van der Waals surface area contributed by atoms with Crippen molar-refractivity contribution in [3.8, 4) is 0 Å². The molecular weight excluding hydrogens is 286 g/mol. The topological polar surface area (TPSA) is 97.4 Å². The second-order valence-corrected chi connectivity index (χ2v) is 5.02. The molecule has 0 unspecified atom stereocenters. The first-order valence-electron chi connectivity index (χ1n) is 6.75. The zero-order chi connectivity index (χ0) is 16.3. The van der Waals surface area contributed by atoms with E-state index in [0.717, 1.165) is 11.3 Å². The van der Waals surface area contributed by atoms with Crippen molar-refractivity contribution in [2.75, 3.05) is 5.32 Å². The molecule has 2 amide bonds. The van der Waals surface area contributed by atoms with Gasteiger partial charge in [0.25, 0.3) is 5.69 Å². The number of aryl methyl sites for hydroxylation is 2. The quantitative estimate of drug-likeness (QED) is 0.665. The van der Waals surface area contributed by atoms with Gasteiger partial charge in [-0.05, 0) is 38.5 Å². The van der Waals surface area contributed by atoms with Gasteiger partial charge in [0.1, 0.15) is 11.5 Å². The molecule has 0 aliphatic rings. The second-order valence-electron chi connectivity index (χ2n) is 5.02. The summed E-state index contributed by atoms with van der Waals surface area (Å²) in [4.78, 5) is 22.3. The number of benzene rings is 1. The smallest absolute Gasteiger partial charge is 0.319 e. The molecule has 1 atom stereocenters. The maximum atomic E-state index is 12.0. The number of nitro groups is 1. The fraction of sp³-hybridized carbons (Fsp3) is 0.267. The standard InChI is InChI=1S/C15H17N3O4/c1-9-4-6-12(18(20)21)8-13(9)17-15(19)16-11(3)14-7-5-10(2)22-14/h4-8,11H,1-3H3,(H2,16,17,19)/t11-/m1/s1. The summed E-state index contributed by atoms with van der Waals surface area (Å²) in [5, 5.41) is 16.1. The van der Waals surface area contributed by atoms with Gasteiger partial charge in [0.15, 0.2) is 0 Å². The fourth-order valence-electron chi connectivity index (χ4n) is 1.97. The molecule has 0 saturated heterocycles. The number of nitrogens with zero attached hydrogens (tertiary/aromatic N) is 1. The van der Waals surface area contributed by atoms with Gasteiger partial charge in [0.05, 0.1) is 16.7 Å². The molecule has 116 valence electrons. The number of carbonyl (C=O) groups is 1. The molecule has 1 aromatic heterocycles. The number of non-ortho nitro benzene ring substituents is 1. The van der Waals surface area contributed by atoms with E-state index in [-0.39, 0.29) is 11.7 Å². The molecule has 22 heavy (non-hydrogen) atoms. The molecule has 0 spiro atoms. The van der Waals surface area contributed by atoms with Gasteiger partial charge in [0.2, 0.25) is 0 Å². The highest BCUT2D eigenvalue weighted by molar-refractivity contribution is 5.90. The van der Waals surface area contributed by atoms with Crippen molar-refractivity contribution in [2.24, 2.45) is 0 Å². The summed E-state index contributed by atoms with van der Waals surface area (Å²) in [7, 11) is 0.